The third-order valence-corrected chi connectivity index (χ3v) is 5.06. The molecule has 9 heteroatoms. The number of hydrogen-bond donors (Lipinski definition) is 2. The molecule has 1 saturated heterocycles. The zero-order valence-electron chi connectivity index (χ0n) is 17.5. The van der Waals surface area contributed by atoms with E-state index in [4.69, 9.17) is 14.2 Å². The molecular weight excluding hydrogens is 405 g/mol. The Kier molecular flexibility index (Phi) is 7.80. The number of ether oxygens (including phenoxy) is 3. The molecule has 0 spiro atoms. The lowest BCUT2D eigenvalue weighted by Crippen LogP contribution is -2.45. The van der Waals surface area contributed by atoms with Crippen molar-refractivity contribution < 1.29 is 28.2 Å². The van der Waals surface area contributed by atoms with Gasteiger partial charge in [-0.2, -0.15) is 0 Å². The average molecular weight is 431 g/mol. The van der Waals surface area contributed by atoms with E-state index in [1.165, 1.54) is 26.4 Å². The minimum Gasteiger partial charge on any atom is -0.497 e. The van der Waals surface area contributed by atoms with Gasteiger partial charge in [0.05, 0.1) is 39.2 Å². The number of benzene rings is 2. The fourth-order valence-electron chi connectivity index (χ4n) is 3.38. The van der Waals surface area contributed by atoms with Crippen LogP contribution in [-0.2, 0) is 14.3 Å². The second-order valence-electron chi connectivity index (χ2n) is 6.95. The van der Waals surface area contributed by atoms with E-state index in [9.17, 15) is 14.0 Å². The first-order valence-corrected chi connectivity index (χ1v) is 9.90. The first-order valence-electron chi connectivity index (χ1n) is 9.90. The quantitative estimate of drug-likeness (QED) is 0.652. The first kappa shape index (κ1) is 22.5. The third-order valence-electron chi connectivity index (χ3n) is 5.06. The molecule has 2 aromatic carbocycles. The van der Waals surface area contributed by atoms with Gasteiger partial charge in [-0.15, -0.1) is 0 Å². The molecule has 0 radical (unpaired) electrons. The van der Waals surface area contributed by atoms with Crippen LogP contribution in [0.5, 0.6) is 11.5 Å². The van der Waals surface area contributed by atoms with Crippen molar-refractivity contribution in [3.8, 4) is 11.5 Å². The fraction of sp³-hybridized carbons (Fsp3) is 0.364. The molecule has 1 heterocycles. The molecule has 166 valence electrons. The number of hydrogen-bond acceptors (Lipinski definition) is 6. The minimum absolute atomic E-state index is 0.192. The molecular formula is C22H26FN3O5. The maximum atomic E-state index is 13.4. The van der Waals surface area contributed by atoms with Gasteiger partial charge in [-0.1, -0.05) is 12.1 Å². The van der Waals surface area contributed by atoms with Crippen molar-refractivity contribution in [1.29, 1.82) is 0 Å². The summed E-state index contributed by atoms with van der Waals surface area (Å²) < 4.78 is 29.1. The number of methoxy groups -OCH3 is 2. The van der Waals surface area contributed by atoms with Crippen molar-refractivity contribution >= 4 is 17.5 Å². The van der Waals surface area contributed by atoms with Crippen molar-refractivity contribution in [3.05, 3.63) is 53.8 Å². The molecule has 3 rings (SSSR count). The maximum absolute atomic E-state index is 13.4. The predicted octanol–water partition coefficient (Wildman–Crippen LogP) is 1.97. The molecule has 31 heavy (non-hydrogen) atoms. The van der Waals surface area contributed by atoms with Crippen molar-refractivity contribution in [2.75, 3.05) is 52.4 Å². The highest BCUT2D eigenvalue weighted by Crippen LogP contribution is 2.29. The van der Waals surface area contributed by atoms with Gasteiger partial charge in [0.15, 0.2) is 0 Å². The topological polar surface area (TPSA) is 89.1 Å². The summed E-state index contributed by atoms with van der Waals surface area (Å²) in [4.78, 5) is 27.0. The lowest BCUT2D eigenvalue weighted by molar-refractivity contribution is -0.136. The van der Waals surface area contributed by atoms with Gasteiger partial charge in [-0.25, -0.2) is 4.39 Å². The van der Waals surface area contributed by atoms with Crippen LogP contribution < -0.4 is 20.1 Å². The second-order valence-corrected chi connectivity index (χ2v) is 6.95. The van der Waals surface area contributed by atoms with Crippen LogP contribution >= 0.6 is 0 Å². The third kappa shape index (κ3) is 5.93. The zero-order valence-corrected chi connectivity index (χ0v) is 17.5. The largest absolute Gasteiger partial charge is 0.497 e. The highest BCUT2D eigenvalue weighted by molar-refractivity contribution is 6.39. The smallest absolute Gasteiger partial charge is 0.313 e. The summed E-state index contributed by atoms with van der Waals surface area (Å²) >= 11 is 0. The van der Waals surface area contributed by atoms with Crippen LogP contribution in [0.4, 0.5) is 10.1 Å². The van der Waals surface area contributed by atoms with E-state index in [0.717, 1.165) is 5.56 Å². The standard InChI is InChI=1S/C22H26FN3O5/c1-29-17-7-8-18(20(13-17)30-2)25-22(28)21(27)24-14-19(26-9-11-31-12-10-26)15-3-5-16(23)6-4-15/h3-8,13,19H,9-12,14H2,1-2H3,(H,24,27)(H,25,28)/t19-/m1/s1. The summed E-state index contributed by atoms with van der Waals surface area (Å²) in [5.74, 6) is -0.993. The number of carbonyl (C=O) groups excluding carboxylic acids is 2. The van der Waals surface area contributed by atoms with E-state index < -0.39 is 11.8 Å². The fourth-order valence-corrected chi connectivity index (χ4v) is 3.38. The molecule has 0 bridgehead atoms. The van der Waals surface area contributed by atoms with Gasteiger partial charge in [-0.05, 0) is 29.8 Å². The molecule has 1 aliphatic rings. The van der Waals surface area contributed by atoms with E-state index in [0.29, 0.717) is 43.5 Å². The molecule has 1 atom stereocenters. The normalized spacial score (nSPS) is 15.1. The van der Waals surface area contributed by atoms with Crippen LogP contribution in [0, 0.1) is 5.82 Å². The van der Waals surface area contributed by atoms with E-state index in [2.05, 4.69) is 15.5 Å². The van der Waals surface area contributed by atoms with Gasteiger partial charge in [0.2, 0.25) is 0 Å². The summed E-state index contributed by atoms with van der Waals surface area (Å²) in [5.41, 5.74) is 1.20. The Bertz CT molecular complexity index is 901. The van der Waals surface area contributed by atoms with E-state index >= 15 is 0 Å². The molecule has 0 aromatic heterocycles. The van der Waals surface area contributed by atoms with Gasteiger partial charge in [0, 0.05) is 25.7 Å². The number of anilines is 1. The first-order chi connectivity index (χ1) is 15.0. The number of amides is 2. The van der Waals surface area contributed by atoms with Crippen LogP contribution in [0.15, 0.2) is 42.5 Å². The average Bonchev–Trinajstić information content (AvgIpc) is 2.81. The van der Waals surface area contributed by atoms with Crippen molar-refractivity contribution in [2.24, 2.45) is 0 Å². The number of morpholine rings is 1. The molecule has 0 aliphatic carbocycles. The Morgan fingerprint density at radius 2 is 1.77 bits per heavy atom. The van der Waals surface area contributed by atoms with Gasteiger partial charge < -0.3 is 24.8 Å². The van der Waals surface area contributed by atoms with Gasteiger partial charge in [0.1, 0.15) is 17.3 Å². The van der Waals surface area contributed by atoms with Gasteiger partial charge in [0.25, 0.3) is 0 Å². The molecule has 2 aromatic rings. The Morgan fingerprint density at radius 1 is 1.06 bits per heavy atom. The molecule has 1 aliphatic heterocycles. The Morgan fingerprint density at radius 3 is 2.42 bits per heavy atom. The number of nitrogens with zero attached hydrogens (tertiary/aromatic N) is 1. The number of carbonyl (C=O) groups is 2. The SMILES string of the molecule is COc1ccc(NC(=O)C(=O)NC[C@H](c2ccc(F)cc2)N2CCOCC2)c(OC)c1. The van der Waals surface area contributed by atoms with Gasteiger partial charge in [-0.3, -0.25) is 14.5 Å². The van der Waals surface area contributed by atoms with Crippen LogP contribution in [-0.4, -0.2) is 63.8 Å². The number of halogens is 1. The molecule has 1 fully saturated rings. The summed E-state index contributed by atoms with van der Waals surface area (Å²) in [6.07, 6.45) is 0. The van der Waals surface area contributed by atoms with Crippen LogP contribution in [0.3, 0.4) is 0 Å². The number of rotatable bonds is 7. The van der Waals surface area contributed by atoms with E-state index in [1.54, 1.807) is 30.3 Å². The van der Waals surface area contributed by atoms with Crippen molar-refractivity contribution in [1.82, 2.24) is 10.2 Å². The van der Waals surface area contributed by atoms with Gasteiger partial charge >= 0.3 is 11.8 Å². The van der Waals surface area contributed by atoms with Crippen molar-refractivity contribution in [2.45, 2.75) is 6.04 Å². The lowest BCUT2D eigenvalue weighted by atomic mass is 10.0. The minimum atomic E-state index is -0.816. The lowest BCUT2D eigenvalue weighted by Gasteiger charge is -2.34. The second kappa shape index (κ2) is 10.7. The maximum Gasteiger partial charge on any atom is 0.313 e. The van der Waals surface area contributed by atoms with Crippen LogP contribution in [0.2, 0.25) is 0 Å². The molecule has 0 saturated carbocycles. The van der Waals surface area contributed by atoms with E-state index in [-0.39, 0.29) is 18.4 Å². The zero-order chi connectivity index (χ0) is 22.2. The molecule has 2 amide bonds. The molecule has 8 nitrogen and oxygen atoms in total. The molecule has 0 unspecified atom stereocenters. The summed E-state index contributed by atoms with van der Waals surface area (Å²) in [5, 5.41) is 5.23. The highest BCUT2D eigenvalue weighted by Gasteiger charge is 2.25. The number of nitrogens with one attached hydrogen (secondary N) is 2. The predicted molar refractivity (Wildman–Crippen MR) is 113 cm³/mol. The highest BCUT2D eigenvalue weighted by atomic mass is 19.1. The summed E-state index contributed by atoms with van der Waals surface area (Å²) in [6, 6.07) is 10.8. The Labute approximate surface area is 180 Å². The van der Waals surface area contributed by atoms with Crippen LogP contribution in [0.25, 0.3) is 0 Å². The Balaban J connectivity index is 1.66. The summed E-state index contributed by atoms with van der Waals surface area (Å²) in [7, 11) is 2.98. The van der Waals surface area contributed by atoms with E-state index in [1.807, 2.05) is 0 Å². The van der Waals surface area contributed by atoms with Crippen LogP contribution in [0.1, 0.15) is 11.6 Å². The molecule has 2 N–H and O–H groups in total. The van der Waals surface area contributed by atoms with Crippen molar-refractivity contribution in [3.63, 3.8) is 0 Å². The summed E-state index contributed by atoms with van der Waals surface area (Å²) in [6.45, 7) is 2.69. The monoisotopic (exact) mass is 431 g/mol. The Hall–Kier alpha value is -3.17.